The molecule has 2 fully saturated rings. The zero-order valence-electron chi connectivity index (χ0n) is 10.6. The number of likely N-dealkylation sites (tertiary alicyclic amines) is 2. The van der Waals surface area contributed by atoms with Gasteiger partial charge in [0.15, 0.2) is 0 Å². The molecule has 0 bridgehead atoms. The van der Waals surface area contributed by atoms with Crippen molar-refractivity contribution in [1.82, 2.24) is 9.80 Å². The molecule has 100 valence electrons. The van der Waals surface area contributed by atoms with Crippen LogP contribution in [0, 0.1) is 0 Å². The Bertz CT molecular complexity index is 512. The highest BCUT2D eigenvalue weighted by Gasteiger charge is 2.47. The topological polar surface area (TPSA) is 40.6 Å². The lowest BCUT2D eigenvalue weighted by molar-refractivity contribution is -0.128. The van der Waals surface area contributed by atoms with Crippen LogP contribution in [0.3, 0.4) is 0 Å². The first-order valence-electron chi connectivity index (χ1n) is 6.46. The van der Waals surface area contributed by atoms with E-state index in [1.54, 1.807) is 6.08 Å². The van der Waals surface area contributed by atoms with E-state index in [0.717, 1.165) is 18.5 Å². The van der Waals surface area contributed by atoms with Crippen molar-refractivity contribution in [2.45, 2.75) is 24.9 Å². The van der Waals surface area contributed by atoms with Gasteiger partial charge in [-0.1, -0.05) is 6.08 Å². The van der Waals surface area contributed by atoms with Gasteiger partial charge in [0, 0.05) is 24.9 Å². The highest BCUT2D eigenvalue weighted by atomic mass is 32.1. The van der Waals surface area contributed by atoms with Gasteiger partial charge in [-0.3, -0.25) is 9.59 Å². The minimum Gasteiger partial charge on any atom is -0.334 e. The van der Waals surface area contributed by atoms with Gasteiger partial charge in [0.05, 0.1) is 17.6 Å². The Morgan fingerprint density at radius 1 is 1.53 bits per heavy atom. The molecule has 4 nitrogen and oxygen atoms in total. The molecule has 2 amide bonds. The quantitative estimate of drug-likeness (QED) is 0.789. The van der Waals surface area contributed by atoms with Gasteiger partial charge in [-0.15, -0.1) is 6.58 Å². The van der Waals surface area contributed by atoms with Crippen molar-refractivity contribution in [2.75, 3.05) is 13.1 Å². The van der Waals surface area contributed by atoms with Gasteiger partial charge in [0.25, 0.3) is 5.91 Å². The normalized spacial score (nSPS) is 25.8. The van der Waals surface area contributed by atoms with Crippen molar-refractivity contribution in [2.24, 2.45) is 0 Å². The largest absolute Gasteiger partial charge is 0.334 e. The predicted octanol–water partition coefficient (Wildman–Crippen LogP) is 1.75. The molecule has 5 heteroatoms. The summed E-state index contributed by atoms with van der Waals surface area (Å²) in [6.07, 6.45) is 3.08. The third-order valence-electron chi connectivity index (χ3n) is 3.97. The second kappa shape index (κ2) is 4.81. The van der Waals surface area contributed by atoms with Crippen molar-refractivity contribution in [3.63, 3.8) is 0 Å². The minimum absolute atomic E-state index is 0.0415. The molecular formula is C14H16N2O2S. The molecule has 3 rings (SSSR count). The molecule has 0 spiro atoms. The molecule has 19 heavy (non-hydrogen) atoms. The lowest BCUT2D eigenvalue weighted by Gasteiger charge is -2.24. The van der Waals surface area contributed by atoms with E-state index in [2.05, 4.69) is 6.58 Å². The molecule has 2 saturated heterocycles. The Balaban J connectivity index is 1.79. The molecule has 2 aliphatic rings. The standard InChI is InChI=1S/C14H16N2O2S/c1-2-5-15-11-3-6-16(12(11)8-13(15)17)14(18)10-4-7-19-9-10/h2,4,7,9,11-12H,1,3,5-6,8H2/t11-,12-/m0/s1. The minimum atomic E-state index is 0.0415. The van der Waals surface area contributed by atoms with Crippen molar-refractivity contribution in [1.29, 1.82) is 0 Å². The average Bonchev–Trinajstić information content (AvgIpc) is 3.08. The van der Waals surface area contributed by atoms with Crippen LogP contribution in [0.25, 0.3) is 0 Å². The Labute approximate surface area is 116 Å². The fraction of sp³-hybridized carbons (Fsp3) is 0.429. The Morgan fingerprint density at radius 2 is 2.37 bits per heavy atom. The van der Waals surface area contributed by atoms with Crippen LogP contribution < -0.4 is 0 Å². The number of hydrogen-bond acceptors (Lipinski definition) is 3. The summed E-state index contributed by atoms with van der Waals surface area (Å²) in [4.78, 5) is 28.1. The maximum atomic E-state index is 12.4. The van der Waals surface area contributed by atoms with Gasteiger partial charge >= 0.3 is 0 Å². The first-order valence-corrected chi connectivity index (χ1v) is 7.40. The lowest BCUT2D eigenvalue weighted by Crippen LogP contribution is -2.39. The Morgan fingerprint density at radius 3 is 3.05 bits per heavy atom. The van der Waals surface area contributed by atoms with Crippen molar-refractivity contribution >= 4 is 23.2 Å². The number of amides is 2. The summed E-state index contributed by atoms with van der Waals surface area (Å²) in [5.41, 5.74) is 0.736. The number of carbonyl (C=O) groups is 2. The average molecular weight is 276 g/mol. The molecule has 0 radical (unpaired) electrons. The highest BCUT2D eigenvalue weighted by Crippen LogP contribution is 2.33. The van der Waals surface area contributed by atoms with Gasteiger partial charge in [0.2, 0.25) is 5.91 Å². The van der Waals surface area contributed by atoms with Crippen LogP contribution in [0.15, 0.2) is 29.5 Å². The molecule has 1 aromatic heterocycles. The number of thiophene rings is 1. The van der Waals surface area contributed by atoms with Crippen LogP contribution in [-0.2, 0) is 4.79 Å². The van der Waals surface area contributed by atoms with Crippen molar-refractivity contribution in [3.8, 4) is 0 Å². The van der Waals surface area contributed by atoms with Gasteiger partial charge < -0.3 is 9.80 Å². The van der Waals surface area contributed by atoms with Crippen LogP contribution in [-0.4, -0.2) is 46.8 Å². The second-order valence-electron chi connectivity index (χ2n) is 4.97. The molecule has 0 unspecified atom stereocenters. The Kier molecular flexibility index (Phi) is 3.14. The zero-order valence-corrected chi connectivity index (χ0v) is 11.4. The van der Waals surface area contributed by atoms with E-state index < -0.39 is 0 Å². The van der Waals surface area contributed by atoms with Gasteiger partial charge in [-0.05, 0) is 17.9 Å². The second-order valence-corrected chi connectivity index (χ2v) is 5.75. The molecule has 0 saturated carbocycles. The van der Waals surface area contributed by atoms with Crippen LogP contribution in [0.2, 0.25) is 0 Å². The van der Waals surface area contributed by atoms with Gasteiger partial charge in [-0.2, -0.15) is 11.3 Å². The fourth-order valence-electron chi connectivity index (χ4n) is 3.11. The fourth-order valence-corrected chi connectivity index (χ4v) is 3.74. The monoisotopic (exact) mass is 276 g/mol. The van der Waals surface area contributed by atoms with Crippen LogP contribution in [0.5, 0.6) is 0 Å². The molecule has 3 heterocycles. The first-order chi connectivity index (χ1) is 9.22. The number of carbonyl (C=O) groups excluding carboxylic acids is 2. The maximum Gasteiger partial charge on any atom is 0.255 e. The summed E-state index contributed by atoms with van der Waals surface area (Å²) in [5.74, 6) is 0.194. The third-order valence-corrected chi connectivity index (χ3v) is 4.65. The van der Waals surface area contributed by atoms with Crippen LogP contribution in [0.1, 0.15) is 23.2 Å². The van der Waals surface area contributed by atoms with Crippen molar-refractivity contribution < 1.29 is 9.59 Å². The maximum absolute atomic E-state index is 12.4. The molecular weight excluding hydrogens is 260 g/mol. The van der Waals surface area contributed by atoms with E-state index in [1.807, 2.05) is 26.6 Å². The molecule has 2 atom stereocenters. The van der Waals surface area contributed by atoms with Gasteiger partial charge in [0.1, 0.15) is 0 Å². The number of fused-ring (bicyclic) bond motifs is 1. The summed E-state index contributed by atoms with van der Waals surface area (Å²) < 4.78 is 0. The summed E-state index contributed by atoms with van der Waals surface area (Å²) in [7, 11) is 0. The van der Waals surface area contributed by atoms with E-state index in [1.165, 1.54) is 11.3 Å². The van der Waals surface area contributed by atoms with E-state index in [9.17, 15) is 9.59 Å². The summed E-state index contributed by atoms with van der Waals surface area (Å²) in [6.45, 7) is 5.02. The number of rotatable bonds is 3. The summed E-state index contributed by atoms with van der Waals surface area (Å²) in [6, 6.07) is 2.06. The molecule has 1 aromatic rings. The summed E-state index contributed by atoms with van der Waals surface area (Å²) >= 11 is 1.52. The smallest absolute Gasteiger partial charge is 0.255 e. The molecule has 0 N–H and O–H groups in total. The predicted molar refractivity (Wildman–Crippen MR) is 74.1 cm³/mol. The SMILES string of the molecule is C=CCN1C(=O)C[C@H]2[C@@H]1CCN2C(=O)c1ccsc1. The van der Waals surface area contributed by atoms with E-state index in [-0.39, 0.29) is 23.9 Å². The summed E-state index contributed by atoms with van der Waals surface area (Å²) in [5, 5.41) is 3.78. The van der Waals surface area contributed by atoms with E-state index >= 15 is 0 Å². The molecule has 2 aliphatic heterocycles. The van der Waals surface area contributed by atoms with Crippen molar-refractivity contribution in [3.05, 3.63) is 35.0 Å². The first kappa shape index (κ1) is 12.4. The zero-order chi connectivity index (χ0) is 13.4. The van der Waals surface area contributed by atoms with Gasteiger partial charge in [-0.25, -0.2) is 0 Å². The van der Waals surface area contributed by atoms with Crippen LogP contribution in [0.4, 0.5) is 0 Å². The number of hydrogen-bond donors (Lipinski definition) is 0. The highest BCUT2D eigenvalue weighted by molar-refractivity contribution is 7.08. The van der Waals surface area contributed by atoms with E-state index in [0.29, 0.717) is 13.0 Å². The number of nitrogens with zero attached hydrogens (tertiary/aromatic N) is 2. The molecule has 0 aromatic carbocycles. The lowest BCUT2D eigenvalue weighted by atomic mass is 10.1. The Hall–Kier alpha value is -1.62. The van der Waals surface area contributed by atoms with Crippen LogP contribution >= 0.6 is 11.3 Å². The molecule has 0 aliphatic carbocycles. The third kappa shape index (κ3) is 1.98. The van der Waals surface area contributed by atoms with E-state index in [4.69, 9.17) is 0 Å².